The average Bonchev–Trinajstić information content (AvgIpc) is 2.79. The van der Waals surface area contributed by atoms with Gasteiger partial charge in [0.2, 0.25) is 5.91 Å². The third-order valence-electron chi connectivity index (χ3n) is 2.43. The van der Waals surface area contributed by atoms with E-state index < -0.39 is 17.9 Å². The molecule has 1 aromatic heterocycles. The van der Waals surface area contributed by atoms with Gasteiger partial charge in [-0.25, -0.2) is 0 Å². The summed E-state index contributed by atoms with van der Waals surface area (Å²) in [5, 5.41) is 12.3. The first kappa shape index (κ1) is 12.1. The molecule has 6 heteroatoms. The summed E-state index contributed by atoms with van der Waals surface area (Å²) >= 11 is 0. The van der Waals surface area contributed by atoms with Gasteiger partial charge in [0.1, 0.15) is 11.7 Å². The van der Waals surface area contributed by atoms with Crippen LogP contribution in [0.25, 0.3) is 11.0 Å². The first-order valence-electron chi connectivity index (χ1n) is 5.32. The van der Waals surface area contributed by atoms with Crippen molar-refractivity contribution in [1.82, 2.24) is 5.32 Å². The standard InChI is InChI=1S/C12H12N2O4/c13-11(16)8(15)6-14-12(17)10-5-7-3-1-2-4-9(7)18-10/h1-5,8,15H,6H2,(H2,13,16)(H,14,17). The van der Waals surface area contributed by atoms with Gasteiger partial charge in [-0.05, 0) is 12.1 Å². The number of aliphatic hydroxyl groups is 1. The quantitative estimate of drug-likeness (QED) is 0.708. The van der Waals surface area contributed by atoms with Gasteiger partial charge in [-0.1, -0.05) is 18.2 Å². The number of benzene rings is 1. The molecule has 18 heavy (non-hydrogen) atoms. The summed E-state index contributed by atoms with van der Waals surface area (Å²) in [6.45, 7) is -0.245. The molecule has 0 bridgehead atoms. The molecule has 94 valence electrons. The summed E-state index contributed by atoms with van der Waals surface area (Å²) in [6, 6.07) is 8.76. The number of fused-ring (bicyclic) bond motifs is 1. The second kappa shape index (κ2) is 4.89. The number of rotatable bonds is 4. The summed E-state index contributed by atoms with van der Waals surface area (Å²) in [4.78, 5) is 22.3. The Hall–Kier alpha value is -2.34. The Morgan fingerprint density at radius 2 is 2.11 bits per heavy atom. The molecule has 2 amide bonds. The Balaban J connectivity index is 2.07. The van der Waals surface area contributed by atoms with E-state index in [0.717, 1.165) is 5.39 Å². The molecule has 1 atom stereocenters. The maximum absolute atomic E-state index is 11.7. The summed E-state index contributed by atoms with van der Waals surface area (Å²) < 4.78 is 5.31. The highest BCUT2D eigenvalue weighted by molar-refractivity contribution is 5.96. The Kier molecular flexibility index (Phi) is 3.29. The van der Waals surface area contributed by atoms with Gasteiger partial charge >= 0.3 is 0 Å². The van der Waals surface area contributed by atoms with Crippen molar-refractivity contribution in [2.24, 2.45) is 5.73 Å². The lowest BCUT2D eigenvalue weighted by Crippen LogP contribution is -2.39. The van der Waals surface area contributed by atoms with E-state index in [1.165, 1.54) is 0 Å². The van der Waals surface area contributed by atoms with Crippen molar-refractivity contribution in [2.45, 2.75) is 6.10 Å². The largest absolute Gasteiger partial charge is 0.451 e. The number of furan rings is 1. The molecule has 0 aliphatic rings. The van der Waals surface area contributed by atoms with Crippen molar-refractivity contribution in [3.63, 3.8) is 0 Å². The molecule has 1 heterocycles. The molecule has 0 fully saturated rings. The third-order valence-corrected chi connectivity index (χ3v) is 2.43. The molecular weight excluding hydrogens is 236 g/mol. The van der Waals surface area contributed by atoms with E-state index in [1.807, 2.05) is 12.1 Å². The van der Waals surface area contributed by atoms with Crippen molar-refractivity contribution in [3.05, 3.63) is 36.1 Å². The zero-order valence-electron chi connectivity index (χ0n) is 9.42. The number of nitrogens with two attached hydrogens (primary N) is 1. The lowest BCUT2D eigenvalue weighted by Gasteiger charge is -2.06. The molecule has 0 aliphatic carbocycles. The average molecular weight is 248 g/mol. The fourth-order valence-electron chi connectivity index (χ4n) is 1.47. The minimum Gasteiger partial charge on any atom is -0.451 e. The van der Waals surface area contributed by atoms with Crippen LogP contribution in [0.5, 0.6) is 0 Å². The van der Waals surface area contributed by atoms with Gasteiger partial charge in [0.25, 0.3) is 5.91 Å². The number of carbonyl (C=O) groups excluding carboxylic acids is 2. The van der Waals surface area contributed by atoms with Gasteiger partial charge in [-0.15, -0.1) is 0 Å². The van der Waals surface area contributed by atoms with Gasteiger partial charge in [0.15, 0.2) is 5.76 Å². The van der Waals surface area contributed by atoms with E-state index in [1.54, 1.807) is 18.2 Å². The third kappa shape index (κ3) is 2.49. The molecular formula is C12H12N2O4. The summed E-state index contributed by atoms with van der Waals surface area (Å²) in [7, 11) is 0. The molecule has 0 spiro atoms. The molecule has 0 saturated carbocycles. The summed E-state index contributed by atoms with van der Waals surface area (Å²) in [5.41, 5.74) is 5.45. The lowest BCUT2D eigenvalue weighted by molar-refractivity contribution is -0.125. The van der Waals surface area contributed by atoms with Crippen LogP contribution in [0, 0.1) is 0 Å². The number of hydrogen-bond donors (Lipinski definition) is 3. The highest BCUT2D eigenvalue weighted by atomic mass is 16.3. The van der Waals surface area contributed by atoms with Crippen molar-refractivity contribution < 1.29 is 19.1 Å². The molecule has 0 radical (unpaired) electrons. The monoisotopic (exact) mass is 248 g/mol. The maximum atomic E-state index is 11.7. The summed E-state index contributed by atoms with van der Waals surface area (Å²) in [6.07, 6.45) is -1.40. The second-order valence-corrected chi connectivity index (χ2v) is 3.78. The van der Waals surface area contributed by atoms with Gasteiger partial charge < -0.3 is 20.6 Å². The van der Waals surface area contributed by atoms with Crippen molar-refractivity contribution >= 4 is 22.8 Å². The predicted molar refractivity (Wildman–Crippen MR) is 63.7 cm³/mol. The molecule has 6 nitrogen and oxygen atoms in total. The SMILES string of the molecule is NC(=O)C(O)CNC(=O)c1cc2ccccc2o1. The summed E-state index contributed by atoms with van der Waals surface area (Å²) in [5.74, 6) is -1.28. The molecule has 1 aromatic carbocycles. The topological polar surface area (TPSA) is 106 Å². The van der Waals surface area contributed by atoms with Crippen LogP contribution in [0.15, 0.2) is 34.7 Å². The molecule has 0 aliphatic heterocycles. The highest BCUT2D eigenvalue weighted by Crippen LogP contribution is 2.18. The van der Waals surface area contributed by atoms with E-state index >= 15 is 0 Å². The van der Waals surface area contributed by atoms with Crippen LogP contribution < -0.4 is 11.1 Å². The second-order valence-electron chi connectivity index (χ2n) is 3.78. The molecule has 2 aromatic rings. The van der Waals surface area contributed by atoms with E-state index in [2.05, 4.69) is 5.32 Å². The normalized spacial score (nSPS) is 12.3. The van der Waals surface area contributed by atoms with Crippen LogP contribution in [0.2, 0.25) is 0 Å². The molecule has 1 unspecified atom stereocenters. The van der Waals surface area contributed by atoms with E-state index in [9.17, 15) is 9.59 Å². The fraction of sp³-hybridized carbons (Fsp3) is 0.167. The minimum atomic E-state index is -1.40. The fourth-order valence-corrected chi connectivity index (χ4v) is 1.47. The van der Waals surface area contributed by atoms with Crippen LogP contribution in [-0.2, 0) is 4.79 Å². The first-order valence-corrected chi connectivity index (χ1v) is 5.32. The van der Waals surface area contributed by atoms with Crippen LogP contribution in [0.4, 0.5) is 0 Å². The zero-order chi connectivity index (χ0) is 13.1. The van der Waals surface area contributed by atoms with Crippen molar-refractivity contribution in [1.29, 1.82) is 0 Å². The van der Waals surface area contributed by atoms with E-state index in [-0.39, 0.29) is 12.3 Å². The zero-order valence-corrected chi connectivity index (χ0v) is 9.42. The van der Waals surface area contributed by atoms with Crippen LogP contribution >= 0.6 is 0 Å². The smallest absolute Gasteiger partial charge is 0.287 e. The minimum absolute atomic E-state index is 0.118. The molecule has 4 N–H and O–H groups in total. The molecule has 2 rings (SSSR count). The van der Waals surface area contributed by atoms with Gasteiger partial charge in [-0.2, -0.15) is 0 Å². The number of para-hydroxylation sites is 1. The van der Waals surface area contributed by atoms with Crippen LogP contribution in [-0.4, -0.2) is 29.6 Å². The lowest BCUT2D eigenvalue weighted by atomic mass is 10.2. The number of hydrogen-bond acceptors (Lipinski definition) is 4. The van der Waals surface area contributed by atoms with Gasteiger partial charge in [0, 0.05) is 5.39 Å². The van der Waals surface area contributed by atoms with Crippen LogP contribution in [0.1, 0.15) is 10.6 Å². The number of aliphatic hydroxyl groups excluding tert-OH is 1. The number of nitrogens with one attached hydrogen (secondary N) is 1. The Bertz CT molecular complexity index is 558. The Morgan fingerprint density at radius 3 is 2.78 bits per heavy atom. The van der Waals surface area contributed by atoms with Gasteiger partial charge in [0.05, 0.1) is 6.54 Å². The number of primary amides is 1. The van der Waals surface area contributed by atoms with Gasteiger partial charge in [-0.3, -0.25) is 9.59 Å². The number of amides is 2. The number of carbonyl (C=O) groups is 2. The maximum Gasteiger partial charge on any atom is 0.287 e. The highest BCUT2D eigenvalue weighted by Gasteiger charge is 2.15. The van der Waals surface area contributed by atoms with E-state index in [0.29, 0.717) is 5.58 Å². The van der Waals surface area contributed by atoms with Crippen LogP contribution in [0.3, 0.4) is 0 Å². The van der Waals surface area contributed by atoms with Crippen molar-refractivity contribution in [3.8, 4) is 0 Å². The first-order chi connectivity index (χ1) is 8.58. The van der Waals surface area contributed by atoms with Crippen molar-refractivity contribution in [2.75, 3.05) is 6.54 Å². The predicted octanol–water partition coefficient (Wildman–Crippen LogP) is 0.00880. The molecule has 0 saturated heterocycles. The van der Waals surface area contributed by atoms with E-state index in [4.69, 9.17) is 15.3 Å². The Labute approximate surface area is 102 Å². The Morgan fingerprint density at radius 1 is 1.39 bits per heavy atom.